The summed E-state index contributed by atoms with van der Waals surface area (Å²) in [5, 5.41) is 9.63. The normalized spacial score (nSPS) is 15.8. The van der Waals surface area contributed by atoms with Crippen LogP contribution >= 0.6 is 11.6 Å². The highest BCUT2D eigenvalue weighted by Gasteiger charge is 2.34. The van der Waals surface area contributed by atoms with Crippen LogP contribution in [0.15, 0.2) is 18.2 Å². The van der Waals surface area contributed by atoms with Crippen molar-refractivity contribution in [2.24, 2.45) is 5.92 Å². The first kappa shape index (κ1) is 14.9. The minimum absolute atomic E-state index is 0.111. The maximum absolute atomic E-state index is 12.5. The van der Waals surface area contributed by atoms with Gasteiger partial charge in [0.15, 0.2) is 0 Å². The van der Waals surface area contributed by atoms with E-state index in [-0.39, 0.29) is 18.5 Å². The molecule has 2 rings (SSSR count). The molecule has 1 aliphatic rings. The van der Waals surface area contributed by atoms with Gasteiger partial charge in [-0.05, 0) is 43.5 Å². The molecule has 1 unspecified atom stereocenters. The lowest BCUT2D eigenvalue weighted by molar-refractivity contribution is -0.141. The highest BCUT2D eigenvalue weighted by molar-refractivity contribution is 6.31. The largest absolute Gasteiger partial charge is 0.481 e. The van der Waals surface area contributed by atoms with E-state index in [1.165, 1.54) is 0 Å². The summed E-state index contributed by atoms with van der Waals surface area (Å²) in [4.78, 5) is 25.2. The summed E-state index contributed by atoms with van der Waals surface area (Å²) in [5.74, 6) is -1.55. The van der Waals surface area contributed by atoms with Crippen molar-refractivity contribution in [3.8, 4) is 0 Å². The number of aryl methyl sites for hydroxylation is 1. The van der Waals surface area contributed by atoms with E-state index in [0.29, 0.717) is 10.6 Å². The van der Waals surface area contributed by atoms with Crippen molar-refractivity contribution >= 4 is 23.5 Å². The molecule has 0 spiro atoms. The van der Waals surface area contributed by atoms with Gasteiger partial charge in [0.1, 0.15) is 0 Å². The second-order valence-corrected chi connectivity index (χ2v) is 5.80. The molecule has 0 saturated heterocycles. The second kappa shape index (κ2) is 5.83. The molecule has 0 aromatic heterocycles. The standard InChI is InChI=1S/C15H18ClNO3/c1-9-7-11(3-6-13(9)16)14(18)17(12-4-5-12)8-10(2)15(19)20/h3,6-7,10,12H,4-5,8H2,1-2H3,(H,19,20). The Morgan fingerprint density at radius 2 is 2.10 bits per heavy atom. The fourth-order valence-electron chi connectivity index (χ4n) is 2.10. The van der Waals surface area contributed by atoms with Crippen LogP contribution in [-0.2, 0) is 4.79 Å². The molecule has 1 aliphatic carbocycles. The van der Waals surface area contributed by atoms with E-state index >= 15 is 0 Å². The Kier molecular flexibility index (Phi) is 4.33. The monoisotopic (exact) mass is 295 g/mol. The number of carboxylic acids is 1. The number of carboxylic acid groups (broad SMARTS) is 1. The summed E-state index contributed by atoms with van der Waals surface area (Å²) in [5.41, 5.74) is 1.41. The first-order valence-corrected chi connectivity index (χ1v) is 7.08. The van der Waals surface area contributed by atoms with Crippen LogP contribution in [0.3, 0.4) is 0 Å². The predicted octanol–water partition coefficient (Wildman–Crippen LogP) is 2.97. The number of hydrogen-bond acceptors (Lipinski definition) is 2. The van der Waals surface area contributed by atoms with Gasteiger partial charge in [0, 0.05) is 23.2 Å². The summed E-state index contributed by atoms with van der Waals surface area (Å²) in [6.45, 7) is 3.72. The summed E-state index contributed by atoms with van der Waals surface area (Å²) in [7, 11) is 0. The van der Waals surface area contributed by atoms with Gasteiger partial charge in [-0.15, -0.1) is 0 Å². The van der Waals surface area contributed by atoms with Gasteiger partial charge in [-0.2, -0.15) is 0 Å². The van der Waals surface area contributed by atoms with Gasteiger partial charge in [0.2, 0.25) is 0 Å². The number of benzene rings is 1. The first-order chi connectivity index (χ1) is 9.40. The molecule has 0 bridgehead atoms. The predicted molar refractivity (Wildman–Crippen MR) is 77.0 cm³/mol. The van der Waals surface area contributed by atoms with Gasteiger partial charge in [0.05, 0.1) is 5.92 Å². The van der Waals surface area contributed by atoms with Crippen LogP contribution in [0.1, 0.15) is 35.7 Å². The van der Waals surface area contributed by atoms with Crippen molar-refractivity contribution in [1.82, 2.24) is 4.90 Å². The van der Waals surface area contributed by atoms with E-state index in [2.05, 4.69) is 0 Å². The Morgan fingerprint density at radius 1 is 1.45 bits per heavy atom. The molecule has 1 N–H and O–H groups in total. The molecule has 20 heavy (non-hydrogen) atoms. The number of hydrogen-bond donors (Lipinski definition) is 1. The Bertz CT molecular complexity index is 540. The summed E-state index contributed by atoms with van der Waals surface area (Å²) >= 11 is 5.96. The summed E-state index contributed by atoms with van der Waals surface area (Å²) < 4.78 is 0. The van der Waals surface area contributed by atoms with E-state index in [9.17, 15) is 9.59 Å². The molecule has 0 aliphatic heterocycles. The highest BCUT2D eigenvalue weighted by atomic mass is 35.5. The number of carbonyl (C=O) groups excluding carboxylic acids is 1. The number of nitrogens with zero attached hydrogens (tertiary/aromatic N) is 1. The zero-order valence-electron chi connectivity index (χ0n) is 11.6. The number of carbonyl (C=O) groups is 2. The third-order valence-electron chi connectivity index (χ3n) is 3.55. The smallest absolute Gasteiger partial charge is 0.308 e. The topological polar surface area (TPSA) is 57.6 Å². The van der Waals surface area contributed by atoms with Crippen molar-refractivity contribution in [3.05, 3.63) is 34.3 Å². The molecular weight excluding hydrogens is 278 g/mol. The van der Waals surface area contributed by atoms with Crippen LogP contribution in [0.4, 0.5) is 0 Å². The molecule has 1 fully saturated rings. The van der Waals surface area contributed by atoms with E-state index in [4.69, 9.17) is 16.7 Å². The summed E-state index contributed by atoms with van der Waals surface area (Å²) in [6.07, 6.45) is 1.90. The molecule has 5 heteroatoms. The molecule has 0 radical (unpaired) electrons. The molecule has 1 saturated carbocycles. The highest BCUT2D eigenvalue weighted by Crippen LogP contribution is 2.29. The number of amides is 1. The van der Waals surface area contributed by atoms with Gasteiger partial charge in [-0.1, -0.05) is 18.5 Å². The Morgan fingerprint density at radius 3 is 2.60 bits per heavy atom. The van der Waals surface area contributed by atoms with Gasteiger partial charge < -0.3 is 10.0 Å². The molecule has 4 nitrogen and oxygen atoms in total. The van der Waals surface area contributed by atoms with Gasteiger partial charge in [0.25, 0.3) is 5.91 Å². The molecule has 1 aromatic rings. The fraction of sp³-hybridized carbons (Fsp3) is 0.467. The lowest BCUT2D eigenvalue weighted by Gasteiger charge is -2.24. The number of aliphatic carboxylic acids is 1. The SMILES string of the molecule is Cc1cc(C(=O)N(CC(C)C(=O)O)C2CC2)ccc1Cl. The molecule has 0 heterocycles. The molecule has 1 amide bonds. The Balaban J connectivity index is 2.18. The van der Waals surface area contributed by atoms with E-state index in [1.807, 2.05) is 6.92 Å². The fourth-order valence-corrected chi connectivity index (χ4v) is 2.22. The van der Waals surface area contributed by atoms with Crippen molar-refractivity contribution in [3.63, 3.8) is 0 Å². The van der Waals surface area contributed by atoms with Crippen LogP contribution < -0.4 is 0 Å². The average Bonchev–Trinajstić information content (AvgIpc) is 3.22. The third kappa shape index (κ3) is 3.31. The van der Waals surface area contributed by atoms with Crippen LogP contribution in [0, 0.1) is 12.8 Å². The molecule has 108 valence electrons. The van der Waals surface area contributed by atoms with Crippen molar-refractivity contribution in [2.45, 2.75) is 32.7 Å². The van der Waals surface area contributed by atoms with E-state index in [0.717, 1.165) is 18.4 Å². The van der Waals surface area contributed by atoms with Crippen molar-refractivity contribution in [1.29, 1.82) is 0 Å². The minimum atomic E-state index is -0.879. The molecular formula is C15H18ClNO3. The van der Waals surface area contributed by atoms with Crippen molar-refractivity contribution in [2.75, 3.05) is 6.54 Å². The third-order valence-corrected chi connectivity index (χ3v) is 3.97. The van der Waals surface area contributed by atoms with Gasteiger partial charge in [-0.3, -0.25) is 9.59 Å². The van der Waals surface area contributed by atoms with E-state index < -0.39 is 11.9 Å². The second-order valence-electron chi connectivity index (χ2n) is 5.39. The quantitative estimate of drug-likeness (QED) is 0.908. The zero-order chi connectivity index (χ0) is 14.9. The molecule has 1 atom stereocenters. The van der Waals surface area contributed by atoms with Crippen LogP contribution in [0.25, 0.3) is 0 Å². The minimum Gasteiger partial charge on any atom is -0.481 e. The maximum atomic E-state index is 12.5. The lowest BCUT2D eigenvalue weighted by atomic mass is 10.1. The Labute approximate surface area is 123 Å². The van der Waals surface area contributed by atoms with Gasteiger partial charge in [-0.25, -0.2) is 0 Å². The lowest BCUT2D eigenvalue weighted by Crippen LogP contribution is -2.38. The molecule has 1 aromatic carbocycles. The zero-order valence-corrected chi connectivity index (χ0v) is 12.4. The average molecular weight is 296 g/mol. The maximum Gasteiger partial charge on any atom is 0.308 e. The van der Waals surface area contributed by atoms with Crippen LogP contribution in [-0.4, -0.2) is 34.5 Å². The van der Waals surface area contributed by atoms with Crippen molar-refractivity contribution < 1.29 is 14.7 Å². The number of rotatable bonds is 5. The van der Waals surface area contributed by atoms with Gasteiger partial charge >= 0.3 is 5.97 Å². The number of halogens is 1. The van der Waals surface area contributed by atoms with E-state index in [1.54, 1.807) is 30.0 Å². The van der Waals surface area contributed by atoms with Crippen LogP contribution in [0.5, 0.6) is 0 Å². The first-order valence-electron chi connectivity index (χ1n) is 6.70. The van der Waals surface area contributed by atoms with Crippen LogP contribution in [0.2, 0.25) is 5.02 Å². The summed E-state index contributed by atoms with van der Waals surface area (Å²) in [6, 6.07) is 5.33. The Hall–Kier alpha value is -1.55.